The number of nitrogens with zero attached hydrogens (tertiary/aromatic N) is 2. The van der Waals surface area contributed by atoms with Gasteiger partial charge >= 0.3 is 0 Å². The number of rotatable bonds is 4. The Balaban J connectivity index is 2.04. The summed E-state index contributed by atoms with van der Waals surface area (Å²) in [6.45, 7) is 5.08. The predicted molar refractivity (Wildman–Crippen MR) is 84.1 cm³/mol. The van der Waals surface area contributed by atoms with Crippen LogP contribution >= 0.6 is 11.3 Å². The van der Waals surface area contributed by atoms with Crippen LogP contribution in [0.4, 0.5) is 0 Å². The predicted octanol–water partition coefficient (Wildman–Crippen LogP) is 3.70. The number of hydrogen-bond acceptors (Lipinski definition) is 4. The van der Waals surface area contributed by atoms with Gasteiger partial charge in [0.25, 0.3) is 0 Å². The molecule has 0 aliphatic heterocycles. The minimum absolute atomic E-state index is 0.192. The molecule has 1 atom stereocenters. The number of hydrogen-bond donors (Lipinski definition) is 1. The first-order chi connectivity index (χ1) is 9.78. The van der Waals surface area contributed by atoms with Crippen molar-refractivity contribution in [2.45, 2.75) is 19.9 Å². The fourth-order valence-electron chi connectivity index (χ4n) is 2.36. The third-order valence-electron chi connectivity index (χ3n) is 3.30. The molecule has 0 aliphatic rings. The van der Waals surface area contributed by atoms with Gasteiger partial charge in [0.2, 0.25) is 0 Å². The van der Waals surface area contributed by atoms with E-state index in [2.05, 4.69) is 46.5 Å². The minimum Gasteiger partial charge on any atom is -0.306 e. The first-order valence-corrected chi connectivity index (χ1v) is 7.60. The van der Waals surface area contributed by atoms with Crippen LogP contribution in [0.1, 0.15) is 28.4 Å². The molecule has 2 aromatic heterocycles. The molecule has 3 nitrogen and oxygen atoms in total. The van der Waals surface area contributed by atoms with Crippen molar-refractivity contribution in [2.24, 2.45) is 0 Å². The monoisotopic (exact) mass is 283 g/mol. The van der Waals surface area contributed by atoms with Gasteiger partial charge in [0.1, 0.15) is 0 Å². The Labute approximate surface area is 122 Å². The largest absolute Gasteiger partial charge is 0.306 e. The number of benzene rings is 1. The lowest BCUT2D eigenvalue weighted by Crippen LogP contribution is -2.21. The van der Waals surface area contributed by atoms with Crippen LogP contribution in [-0.2, 0) is 0 Å². The Morgan fingerprint density at radius 1 is 1.25 bits per heavy atom. The Morgan fingerprint density at radius 3 is 2.90 bits per heavy atom. The molecule has 2 heterocycles. The fourth-order valence-corrected chi connectivity index (χ4v) is 3.25. The first kappa shape index (κ1) is 13.2. The molecule has 0 radical (unpaired) electrons. The van der Waals surface area contributed by atoms with Crippen LogP contribution in [-0.4, -0.2) is 16.5 Å². The van der Waals surface area contributed by atoms with E-state index in [1.165, 1.54) is 15.8 Å². The lowest BCUT2D eigenvalue weighted by atomic mass is 10.0. The summed E-state index contributed by atoms with van der Waals surface area (Å²) in [5.74, 6) is 0. The summed E-state index contributed by atoms with van der Waals surface area (Å²) in [6, 6.07) is 10.7. The number of nitrogens with one attached hydrogen (secondary N) is 1. The van der Waals surface area contributed by atoms with Crippen LogP contribution in [0, 0.1) is 6.92 Å². The zero-order valence-electron chi connectivity index (χ0n) is 11.6. The van der Waals surface area contributed by atoms with Crippen molar-refractivity contribution in [2.75, 3.05) is 6.54 Å². The van der Waals surface area contributed by atoms with E-state index in [1.54, 1.807) is 11.3 Å². The molecule has 1 aromatic carbocycles. The van der Waals surface area contributed by atoms with E-state index in [0.29, 0.717) is 0 Å². The summed E-state index contributed by atoms with van der Waals surface area (Å²) in [5, 5.41) is 5.81. The minimum atomic E-state index is 0.192. The highest BCUT2D eigenvalue weighted by molar-refractivity contribution is 7.11. The molecule has 0 aliphatic carbocycles. The van der Waals surface area contributed by atoms with E-state index >= 15 is 0 Å². The number of aryl methyl sites for hydroxylation is 1. The van der Waals surface area contributed by atoms with Gasteiger partial charge in [-0.05, 0) is 31.2 Å². The molecular weight excluding hydrogens is 266 g/mol. The quantitative estimate of drug-likeness (QED) is 0.793. The number of thiazole rings is 1. The molecule has 0 fully saturated rings. The first-order valence-electron chi connectivity index (χ1n) is 6.78. The van der Waals surface area contributed by atoms with E-state index in [0.717, 1.165) is 17.1 Å². The van der Waals surface area contributed by atoms with Gasteiger partial charge in [0.15, 0.2) is 0 Å². The van der Waals surface area contributed by atoms with Crippen molar-refractivity contribution >= 4 is 22.2 Å². The van der Waals surface area contributed by atoms with E-state index in [1.807, 2.05) is 25.4 Å². The van der Waals surface area contributed by atoms with Gasteiger partial charge in [-0.3, -0.25) is 4.98 Å². The molecule has 1 N–H and O–H groups in total. The van der Waals surface area contributed by atoms with Crippen LogP contribution in [0.2, 0.25) is 0 Å². The van der Waals surface area contributed by atoms with Crippen LogP contribution in [0.3, 0.4) is 0 Å². The third-order valence-corrected chi connectivity index (χ3v) is 4.27. The molecule has 20 heavy (non-hydrogen) atoms. The molecule has 0 saturated heterocycles. The summed E-state index contributed by atoms with van der Waals surface area (Å²) >= 11 is 1.74. The SMILES string of the molecule is CCNC(c1ccc2cccnc2c1)c1cnc(C)s1. The van der Waals surface area contributed by atoms with Crippen molar-refractivity contribution in [1.29, 1.82) is 0 Å². The van der Waals surface area contributed by atoms with E-state index in [9.17, 15) is 0 Å². The molecule has 3 aromatic rings. The third kappa shape index (κ3) is 2.57. The zero-order valence-corrected chi connectivity index (χ0v) is 12.4. The van der Waals surface area contributed by atoms with E-state index in [-0.39, 0.29) is 6.04 Å². The lowest BCUT2D eigenvalue weighted by Gasteiger charge is -2.17. The molecular formula is C16H17N3S. The smallest absolute Gasteiger partial charge is 0.0897 e. The molecule has 4 heteroatoms. The molecule has 0 saturated carbocycles. The summed E-state index contributed by atoms with van der Waals surface area (Å²) in [5.41, 5.74) is 2.27. The normalized spacial score (nSPS) is 12.7. The standard InChI is InChI=1S/C16H17N3S/c1-3-17-16(15-10-19-11(2)20-15)13-7-6-12-5-4-8-18-14(12)9-13/h4-10,16-17H,3H2,1-2H3. The number of fused-ring (bicyclic) bond motifs is 1. The topological polar surface area (TPSA) is 37.8 Å². The van der Waals surface area contributed by atoms with Crippen molar-refractivity contribution in [3.63, 3.8) is 0 Å². The van der Waals surface area contributed by atoms with Gasteiger partial charge in [0.05, 0.1) is 16.6 Å². The summed E-state index contributed by atoms with van der Waals surface area (Å²) in [6.07, 6.45) is 3.81. The van der Waals surface area contributed by atoms with Gasteiger partial charge in [-0.25, -0.2) is 4.98 Å². The van der Waals surface area contributed by atoms with Crippen LogP contribution in [0.15, 0.2) is 42.7 Å². The Kier molecular flexibility index (Phi) is 3.76. The average Bonchev–Trinajstić information content (AvgIpc) is 2.90. The zero-order chi connectivity index (χ0) is 13.9. The van der Waals surface area contributed by atoms with Crippen LogP contribution in [0.25, 0.3) is 10.9 Å². The van der Waals surface area contributed by atoms with Crippen molar-refractivity contribution in [3.05, 3.63) is 58.2 Å². The Hall–Kier alpha value is -1.78. The van der Waals surface area contributed by atoms with Crippen LogP contribution < -0.4 is 5.32 Å². The second-order valence-electron chi connectivity index (χ2n) is 4.73. The maximum Gasteiger partial charge on any atom is 0.0897 e. The molecule has 0 amide bonds. The molecule has 3 rings (SSSR count). The lowest BCUT2D eigenvalue weighted by molar-refractivity contribution is 0.639. The second-order valence-corrected chi connectivity index (χ2v) is 5.99. The summed E-state index contributed by atoms with van der Waals surface area (Å²) in [4.78, 5) is 10.1. The van der Waals surface area contributed by atoms with Crippen molar-refractivity contribution < 1.29 is 0 Å². The highest BCUT2D eigenvalue weighted by Crippen LogP contribution is 2.28. The van der Waals surface area contributed by atoms with Crippen molar-refractivity contribution in [1.82, 2.24) is 15.3 Å². The van der Waals surface area contributed by atoms with E-state index < -0.39 is 0 Å². The Bertz CT molecular complexity index is 720. The van der Waals surface area contributed by atoms with Gasteiger partial charge in [-0.1, -0.05) is 25.1 Å². The second kappa shape index (κ2) is 5.69. The highest BCUT2D eigenvalue weighted by atomic mass is 32.1. The van der Waals surface area contributed by atoms with Gasteiger partial charge in [-0.15, -0.1) is 11.3 Å². The fraction of sp³-hybridized carbons (Fsp3) is 0.250. The Morgan fingerprint density at radius 2 is 2.15 bits per heavy atom. The van der Waals surface area contributed by atoms with E-state index in [4.69, 9.17) is 0 Å². The number of aromatic nitrogens is 2. The van der Waals surface area contributed by atoms with Crippen molar-refractivity contribution in [3.8, 4) is 0 Å². The molecule has 1 unspecified atom stereocenters. The van der Waals surface area contributed by atoms with Gasteiger partial charge < -0.3 is 5.32 Å². The van der Waals surface area contributed by atoms with Gasteiger partial charge in [0, 0.05) is 22.7 Å². The molecule has 0 bridgehead atoms. The highest BCUT2D eigenvalue weighted by Gasteiger charge is 2.16. The van der Waals surface area contributed by atoms with Gasteiger partial charge in [-0.2, -0.15) is 0 Å². The molecule has 0 spiro atoms. The van der Waals surface area contributed by atoms with Crippen LogP contribution in [0.5, 0.6) is 0 Å². The maximum atomic E-state index is 4.44. The average molecular weight is 283 g/mol. The summed E-state index contributed by atoms with van der Waals surface area (Å²) < 4.78 is 0. The summed E-state index contributed by atoms with van der Waals surface area (Å²) in [7, 11) is 0. The number of pyridine rings is 1. The molecule has 102 valence electrons. The maximum absolute atomic E-state index is 4.44.